The minimum atomic E-state index is -0.586. The normalized spacial score (nSPS) is 14.9. The van der Waals surface area contributed by atoms with Gasteiger partial charge in [0, 0.05) is 26.2 Å². The summed E-state index contributed by atoms with van der Waals surface area (Å²) in [4.78, 5) is 26.5. The van der Waals surface area contributed by atoms with Crippen LogP contribution in [0.4, 0.5) is 9.18 Å². The van der Waals surface area contributed by atoms with Gasteiger partial charge in [0.25, 0.3) is 11.1 Å². The monoisotopic (exact) mass is 521 g/mol. The molecule has 0 atom stereocenters. The van der Waals surface area contributed by atoms with E-state index in [0.29, 0.717) is 21.4 Å². The Kier molecular flexibility index (Phi) is 7.29. The molecule has 1 fully saturated rings. The van der Waals surface area contributed by atoms with E-state index in [1.807, 2.05) is 12.1 Å². The standard InChI is InChI=1S/C24H15Cl3FNO3S/c25-16-4-1-3-14(9-16)13-32-21-8-7-17(26)10-15(21)11-22-23(30)29(24(31)33-22)12-18-19(27)5-2-6-20(18)28/h1-11H,12-13H2. The number of thioether (sulfide) groups is 1. The Labute approximate surface area is 208 Å². The first kappa shape index (κ1) is 23.6. The van der Waals surface area contributed by atoms with Gasteiger partial charge in [0.05, 0.1) is 11.4 Å². The molecule has 0 aromatic heterocycles. The van der Waals surface area contributed by atoms with Crippen LogP contribution in [0.15, 0.2) is 65.6 Å². The summed E-state index contributed by atoms with van der Waals surface area (Å²) in [6.45, 7) is -0.0164. The number of benzene rings is 3. The highest BCUT2D eigenvalue weighted by Gasteiger charge is 2.36. The predicted molar refractivity (Wildman–Crippen MR) is 130 cm³/mol. The summed E-state index contributed by atoms with van der Waals surface area (Å²) < 4.78 is 20.1. The summed E-state index contributed by atoms with van der Waals surface area (Å²) in [6.07, 6.45) is 1.53. The van der Waals surface area contributed by atoms with Crippen LogP contribution in [-0.2, 0) is 17.9 Å². The lowest BCUT2D eigenvalue weighted by molar-refractivity contribution is -0.123. The number of amides is 2. The van der Waals surface area contributed by atoms with Crippen LogP contribution in [-0.4, -0.2) is 16.0 Å². The van der Waals surface area contributed by atoms with Gasteiger partial charge in [-0.15, -0.1) is 0 Å². The smallest absolute Gasteiger partial charge is 0.293 e. The van der Waals surface area contributed by atoms with Crippen molar-refractivity contribution in [3.05, 3.63) is 103 Å². The van der Waals surface area contributed by atoms with Crippen molar-refractivity contribution in [1.29, 1.82) is 0 Å². The quantitative estimate of drug-likeness (QED) is 0.313. The van der Waals surface area contributed by atoms with Crippen LogP contribution in [0.25, 0.3) is 6.08 Å². The van der Waals surface area contributed by atoms with Crippen molar-refractivity contribution in [1.82, 2.24) is 4.90 Å². The topological polar surface area (TPSA) is 46.6 Å². The van der Waals surface area contributed by atoms with Crippen LogP contribution in [0.1, 0.15) is 16.7 Å². The van der Waals surface area contributed by atoms with E-state index >= 15 is 0 Å². The molecule has 1 heterocycles. The van der Waals surface area contributed by atoms with Crippen molar-refractivity contribution < 1.29 is 18.7 Å². The van der Waals surface area contributed by atoms with Crippen LogP contribution in [0.2, 0.25) is 15.1 Å². The zero-order valence-corrected chi connectivity index (χ0v) is 19.9. The van der Waals surface area contributed by atoms with E-state index in [1.54, 1.807) is 30.3 Å². The fourth-order valence-corrected chi connectivity index (χ4v) is 4.62. The SMILES string of the molecule is O=C1SC(=Cc2cc(Cl)ccc2OCc2cccc(Cl)c2)C(=O)N1Cc1c(F)cccc1Cl. The predicted octanol–water partition coefficient (Wildman–Crippen LogP) is 7.60. The van der Waals surface area contributed by atoms with Gasteiger partial charge in [-0.1, -0.05) is 53.0 Å². The molecule has 0 bridgehead atoms. The first-order valence-electron chi connectivity index (χ1n) is 9.67. The number of ether oxygens (including phenoxy) is 1. The number of hydrogen-bond donors (Lipinski definition) is 0. The fraction of sp³-hybridized carbons (Fsp3) is 0.0833. The Balaban J connectivity index is 1.58. The molecule has 33 heavy (non-hydrogen) atoms. The van der Waals surface area contributed by atoms with Crippen molar-refractivity contribution in [3.63, 3.8) is 0 Å². The van der Waals surface area contributed by atoms with Crippen LogP contribution >= 0.6 is 46.6 Å². The van der Waals surface area contributed by atoms with Gasteiger partial charge in [0.1, 0.15) is 18.2 Å². The van der Waals surface area contributed by atoms with Crippen molar-refractivity contribution in [2.45, 2.75) is 13.2 Å². The van der Waals surface area contributed by atoms with Crippen LogP contribution in [0.3, 0.4) is 0 Å². The average molecular weight is 523 g/mol. The maximum atomic E-state index is 14.2. The molecule has 4 nitrogen and oxygen atoms in total. The second-order valence-electron chi connectivity index (χ2n) is 7.07. The van der Waals surface area contributed by atoms with E-state index < -0.39 is 17.0 Å². The zero-order chi connectivity index (χ0) is 23.5. The van der Waals surface area contributed by atoms with Crippen molar-refractivity contribution in [2.75, 3.05) is 0 Å². The molecule has 3 aromatic rings. The van der Waals surface area contributed by atoms with Gasteiger partial charge in [-0.2, -0.15) is 0 Å². The molecule has 0 saturated carbocycles. The number of halogens is 4. The van der Waals surface area contributed by atoms with Crippen molar-refractivity contribution >= 4 is 63.8 Å². The third-order valence-corrected chi connectivity index (χ3v) is 6.53. The molecule has 168 valence electrons. The number of nitrogens with zero attached hydrogens (tertiary/aromatic N) is 1. The van der Waals surface area contributed by atoms with Gasteiger partial charge in [0.15, 0.2) is 0 Å². The van der Waals surface area contributed by atoms with Crippen molar-refractivity contribution in [3.8, 4) is 5.75 Å². The van der Waals surface area contributed by atoms with Crippen LogP contribution in [0.5, 0.6) is 5.75 Å². The summed E-state index contributed by atoms with van der Waals surface area (Å²) in [7, 11) is 0. The molecule has 1 aliphatic rings. The molecular weight excluding hydrogens is 508 g/mol. The number of carbonyl (C=O) groups excluding carboxylic acids is 2. The Bertz CT molecular complexity index is 1260. The van der Waals surface area contributed by atoms with Gasteiger partial charge >= 0.3 is 0 Å². The zero-order valence-electron chi connectivity index (χ0n) is 16.9. The van der Waals surface area contributed by atoms with Gasteiger partial charge in [-0.05, 0) is 65.9 Å². The molecule has 0 unspecified atom stereocenters. The number of carbonyl (C=O) groups is 2. The van der Waals surface area contributed by atoms with Crippen molar-refractivity contribution in [2.24, 2.45) is 0 Å². The van der Waals surface area contributed by atoms with E-state index in [1.165, 1.54) is 24.3 Å². The summed E-state index contributed by atoms with van der Waals surface area (Å²) in [5, 5.41) is 0.656. The molecule has 0 aliphatic carbocycles. The Morgan fingerprint density at radius 1 is 0.970 bits per heavy atom. The maximum absolute atomic E-state index is 14.2. The molecule has 3 aromatic carbocycles. The van der Waals surface area contributed by atoms with Crippen LogP contribution < -0.4 is 4.74 Å². The lowest BCUT2D eigenvalue weighted by Crippen LogP contribution is -2.28. The second kappa shape index (κ2) is 10.2. The third-order valence-electron chi connectivity index (χ3n) is 4.79. The minimum Gasteiger partial charge on any atom is -0.488 e. The minimum absolute atomic E-state index is 0.0796. The Hall–Kier alpha value is -2.51. The summed E-state index contributed by atoms with van der Waals surface area (Å²) in [5.41, 5.74) is 1.47. The summed E-state index contributed by atoms with van der Waals surface area (Å²) in [6, 6.07) is 16.4. The van der Waals surface area contributed by atoms with E-state index in [-0.39, 0.29) is 28.6 Å². The maximum Gasteiger partial charge on any atom is 0.293 e. The molecular formula is C24H15Cl3FNO3S. The average Bonchev–Trinajstić information content (AvgIpc) is 3.03. The number of hydrogen-bond acceptors (Lipinski definition) is 4. The Morgan fingerprint density at radius 3 is 2.48 bits per heavy atom. The van der Waals surface area contributed by atoms with Gasteiger partial charge in [0.2, 0.25) is 0 Å². The highest BCUT2D eigenvalue weighted by Crippen LogP contribution is 2.36. The van der Waals surface area contributed by atoms with E-state index in [9.17, 15) is 14.0 Å². The highest BCUT2D eigenvalue weighted by molar-refractivity contribution is 8.18. The largest absolute Gasteiger partial charge is 0.488 e. The second-order valence-corrected chi connectivity index (χ2v) is 9.34. The lowest BCUT2D eigenvalue weighted by atomic mass is 10.1. The molecule has 2 amide bonds. The number of imide groups is 1. The molecule has 1 aliphatic heterocycles. The summed E-state index contributed by atoms with van der Waals surface area (Å²) in [5.74, 6) is -0.662. The Morgan fingerprint density at radius 2 is 1.73 bits per heavy atom. The van der Waals surface area contributed by atoms with Gasteiger partial charge in [-0.25, -0.2) is 4.39 Å². The molecule has 9 heteroatoms. The molecule has 0 radical (unpaired) electrons. The lowest BCUT2D eigenvalue weighted by Gasteiger charge is -2.14. The number of rotatable bonds is 6. The first-order chi connectivity index (χ1) is 15.8. The third kappa shape index (κ3) is 5.53. The van der Waals surface area contributed by atoms with Gasteiger partial charge in [-0.3, -0.25) is 14.5 Å². The summed E-state index contributed by atoms with van der Waals surface area (Å²) >= 11 is 19.0. The molecule has 4 rings (SSSR count). The van der Waals surface area contributed by atoms with E-state index in [0.717, 1.165) is 22.2 Å². The van der Waals surface area contributed by atoms with Gasteiger partial charge < -0.3 is 4.74 Å². The van der Waals surface area contributed by atoms with E-state index in [2.05, 4.69) is 0 Å². The van der Waals surface area contributed by atoms with Crippen LogP contribution in [0, 0.1) is 5.82 Å². The molecule has 1 saturated heterocycles. The molecule has 0 N–H and O–H groups in total. The first-order valence-corrected chi connectivity index (χ1v) is 11.6. The molecule has 0 spiro atoms. The highest BCUT2D eigenvalue weighted by atomic mass is 35.5. The van der Waals surface area contributed by atoms with E-state index in [4.69, 9.17) is 39.5 Å². The fourth-order valence-electron chi connectivity index (χ4n) is 3.17.